The lowest BCUT2D eigenvalue weighted by Gasteiger charge is -2.29. The Morgan fingerprint density at radius 1 is 1.19 bits per heavy atom. The van der Waals surface area contributed by atoms with E-state index in [0.29, 0.717) is 5.75 Å². The third-order valence-electron chi connectivity index (χ3n) is 2.65. The van der Waals surface area contributed by atoms with E-state index in [1.807, 2.05) is 12.1 Å². The lowest BCUT2D eigenvalue weighted by molar-refractivity contribution is 0.122. The number of hydrogen-bond acceptors (Lipinski definition) is 4. The van der Waals surface area contributed by atoms with Gasteiger partial charge in [0, 0.05) is 30.9 Å². The number of ether oxygens (including phenoxy) is 3. The van der Waals surface area contributed by atoms with Gasteiger partial charge in [-0.1, -0.05) is 0 Å². The molecule has 1 heterocycles. The minimum atomic E-state index is 0.708. The van der Waals surface area contributed by atoms with Crippen molar-refractivity contribution in [2.45, 2.75) is 0 Å². The molecule has 1 saturated heterocycles. The van der Waals surface area contributed by atoms with E-state index in [1.54, 1.807) is 14.2 Å². The summed E-state index contributed by atoms with van der Waals surface area (Å²) in [6.45, 7) is 3.32. The van der Waals surface area contributed by atoms with E-state index in [4.69, 9.17) is 14.2 Å². The van der Waals surface area contributed by atoms with Gasteiger partial charge in [-0.3, -0.25) is 0 Å². The van der Waals surface area contributed by atoms with Crippen molar-refractivity contribution in [2.24, 2.45) is 0 Å². The Kier molecular flexibility index (Phi) is 3.51. The van der Waals surface area contributed by atoms with Crippen LogP contribution in [0, 0.1) is 6.07 Å². The predicted molar refractivity (Wildman–Crippen MR) is 61.4 cm³/mol. The summed E-state index contributed by atoms with van der Waals surface area (Å²) in [6.07, 6.45) is 0. The molecule has 1 fully saturated rings. The van der Waals surface area contributed by atoms with E-state index in [-0.39, 0.29) is 0 Å². The van der Waals surface area contributed by atoms with Gasteiger partial charge in [0.25, 0.3) is 0 Å². The first-order chi connectivity index (χ1) is 7.85. The zero-order valence-corrected chi connectivity index (χ0v) is 9.66. The molecule has 0 bridgehead atoms. The molecule has 0 spiro atoms. The second-order valence-corrected chi connectivity index (χ2v) is 3.55. The molecular weight excluding hydrogens is 206 g/mol. The zero-order valence-electron chi connectivity index (χ0n) is 9.66. The van der Waals surface area contributed by atoms with E-state index in [0.717, 1.165) is 37.7 Å². The minimum absolute atomic E-state index is 0.708. The van der Waals surface area contributed by atoms with Crippen molar-refractivity contribution in [3.63, 3.8) is 0 Å². The summed E-state index contributed by atoms with van der Waals surface area (Å²) >= 11 is 0. The number of hydrogen-bond donors (Lipinski definition) is 0. The molecule has 0 saturated carbocycles. The first-order valence-corrected chi connectivity index (χ1v) is 5.31. The van der Waals surface area contributed by atoms with Gasteiger partial charge in [-0.15, -0.1) is 0 Å². The van der Waals surface area contributed by atoms with Crippen molar-refractivity contribution in [3.8, 4) is 11.5 Å². The molecule has 4 nitrogen and oxygen atoms in total. The predicted octanol–water partition coefficient (Wildman–Crippen LogP) is 1.34. The Morgan fingerprint density at radius 3 is 2.50 bits per heavy atom. The molecule has 0 aliphatic carbocycles. The van der Waals surface area contributed by atoms with Crippen molar-refractivity contribution in [2.75, 3.05) is 45.4 Å². The van der Waals surface area contributed by atoms with Crippen LogP contribution in [0.15, 0.2) is 12.1 Å². The number of nitrogens with zero attached hydrogens (tertiary/aromatic N) is 1. The van der Waals surface area contributed by atoms with Crippen molar-refractivity contribution < 1.29 is 14.2 Å². The molecule has 0 atom stereocenters. The Labute approximate surface area is 95.7 Å². The maximum atomic E-state index is 5.31. The monoisotopic (exact) mass is 222 g/mol. The highest BCUT2D eigenvalue weighted by Gasteiger charge is 2.13. The van der Waals surface area contributed by atoms with Crippen LogP contribution in [-0.2, 0) is 4.74 Å². The average molecular weight is 222 g/mol. The largest absolute Gasteiger partial charge is 0.493 e. The number of benzene rings is 1. The molecule has 1 aromatic carbocycles. The molecule has 0 amide bonds. The second kappa shape index (κ2) is 5.07. The Balaban J connectivity index is 2.20. The lowest BCUT2D eigenvalue weighted by Crippen LogP contribution is -2.36. The highest BCUT2D eigenvalue weighted by Crippen LogP contribution is 2.31. The highest BCUT2D eigenvalue weighted by molar-refractivity contribution is 5.55. The van der Waals surface area contributed by atoms with Crippen molar-refractivity contribution in [3.05, 3.63) is 18.2 Å². The number of anilines is 1. The van der Waals surface area contributed by atoms with Gasteiger partial charge < -0.3 is 19.1 Å². The van der Waals surface area contributed by atoms with Crippen LogP contribution in [0.1, 0.15) is 0 Å². The quantitative estimate of drug-likeness (QED) is 0.772. The summed E-state index contributed by atoms with van der Waals surface area (Å²) in [5.74, 6) is 1.45. The van der Waals surface area contributed by atoms with Gasteiger partial charge >= 0.3 is 0 Å². The zero-order chi connectivity index (χ0) is 11.4. The van der Waals surface area contributed by atoms with Crippen molar-refractivity contribution in [1.29, 1.82) is 0 Å². The summed E-state index contributed by atoms with van der Waals surface area (Å²) in [5, 5.41) is 0. The van der Waals surface area contributed by atoms with Gasteiger partial charge in [0.05, 0.1) is 27.4 Å². The van der Waals surface area contributed by atoms with Gasteiger partial charge in [0.15, 0.2) is 11.5 Å². The fraction of sp³-hybridized carbons (Fsp3) is 0.500. The summed E-state index contributed by atoms with van der Waals surface area (Å²) in [4.78, 5) is 2.23. The fourth-order valence-corrected chi connectivity index (χ4v) is 1.75. The molecule has 0 N–H and O–H groups in total. The normalized spacial score (nSPS) is 16.0. The molecule has 87 valence electrons. The molecule has 2 rings (SSSR count). The van der Waals surface area contributed by atoms with Crippen LogP contribution in [0.25, 0.3) is 0 Å². The third-order valence-corrected chi connectivity index (χ3v) is 2.65. The fourth-order valence-electron chi connectivity index (χ4n) is 1.75. The Morgan fingerprint density at radius 2 is 1.88 bits per heavy atom. The van der Waals surface area contributed by atoms with Crippen LogP contribution in [0.5, 0.6) is 11.5 Å². The summed E-state index contributed by atoms with van der Waals surface area (Å²) in [7, 11) is 3.26. The third kappa shape index (κ3) is 2.22. The topological polar surface area (TPSA) is 30.9 Å². The molecule has 0 aromatic heterocycles. The van der Waals surface area contributed by atoms with Crippen molar-refractivity contribution in [1.82, 2.24) is 0 Å². The average Bonchev–Trinajstić information content (AvgIpc) is 2.39. The maximum absolute atomic E-state index is 5.31. The van der Waals surface area contributed by atoms with E-state index >= 15 is 0 Å². The van der Waals surface area contributed by atoms with Gasteiger partial charge in [-0.05, 0) is 6.07 Å². The van der Waals surface area contributed by atoms with E-state index < -0.39 is 0 Å². The van der Waals surface area contributed by atoms with E-state index in [9.17, 15) is 0 Å². The highest BCUT2D eigenvalue weighted by atomic mass is 16.5. The summed E-state index contributed by atoms with van der Waals surface area (Å²) in [6, 6.07) is 6.96. The van der Waals surface area contributed by atoms with Crippen molar-refractivity contribution >= 4 is 5.69 Å². The van der Waals surface area contributed by atoms with Crippen LogP contribution in [0.2, 0.25) is 0 Å². The molecule has 1 radical (unpaired) electrons. The number of rotatable bonds is 3. The van der Waals surface area contributed by atoms with Gasteiger partial charge in [0.1, 0.15) is 0 Å². The SMILES string of the molecule is COc1c[c]c(N2CCOCC2)cc1OC. The lowest BCUT2D eigenvalue weighted by atomic mass is 10.2. The van der Waals surface area contributed by atoms with Crippen LogP contribution in [0.3, 0.4) is 0 Å². The molecule has 4 heteroatoms. The van der Waals surface area contributed by atoms with Crippen LogP contribution >= 0.6 is 0 Å². The van der Waals surface area contributed by atoms with E-state index in [1.165, 1.54) is 0 Å². The molecule has 1 aliphatic rings. The first-order valence-electron chi connectivity index (χ1n) is 5.31. The standard InChI is InChI=1S/C12H16NO3/c1-14-11-4-3-10(9-12(11)15-2)13-5-7-16-8-6-13/h4,9H,5-8H2,1-2H3. The smallest absolute Gasteiger partial charge is 0.162 e. The minimum Gasteiger partial charge on any atom is -0.493 e. The summed E-state index contributed by atoms with van der Waals surface area (Å²) in [5.41, 5.74) is 1.03. The van der Waals surface area contributed by atoms with Crippen LogP contribution in [0.4, 0.5) is 5.69 Å². The Bertz CT molecular complexity index is 348. The Hall–Kier alpha value is -1.42. The molecule has 1 aliphatic heterocycles. The molecule has 16 heavy (non-hydrogen) atoms. The van der Waals surface area contributed by atoms with Gasteiger partial charge in [-0.25, -0.2) is 0 Å². The second-order valence-electron chi connectivity index (χ2n) is 3.55. The summed E-state index contributed by atoms with van der Waals surface area (Å²) < 4.78 is 15.8. The number of morpholine rings is 1. The van der Waals surface area contributed by atoms with Crippen LogP contribution < -0.4 is 14.4 Å². The van der Waals surface area contributed by atoms with Gasteiger partial charge in [-0.2, -0.15) is 0 Å². The van der Waals surface area contributed by atoms with Crippen LogP contribution in [-0.4, -0.2) is 40.5 Å². The molecule has 0 unspecified atom stereocenters. The number of methoxy groups -OCH3 is 2. The van der Waals surface area contributed by atoms with E-state index in [2.05, 4.69) is 11.0 Å². The van der Waals surface area contributed by atoms with Gasteiger partial charge in [0.2, 0.25) is 0 Å². The molecular formula is C12H16NO3. The maximum Gasteiger partial charge on any atom is 0.162 e. The first kappa shape index (κ1) is 11.1. The molecule has 1 aromatic rings.